The lowest BCUT2D eigenvalue weighted by Crippen LogP contribution is -2.38. The molecular weight excluding hydrogens is 238 g/mol. The fourth-order valence-electron chi connectivity index (χ4n) is 2.47. The normalized spacial score (nSPS) is 17.7. The molecule has 19 heavy (non-hydrogen) atoms. The van der Waals surface area contributed by atoms with Gasteiger partial charge in [0.25, 0.3) is 0 Å². The first-order valence-electron chi connectivity index (χ1n) is 6.83. The van der Waals surface area contributed by atoms with Crippen LogP contribution in [-0.4, -0.2) is 35.6 Å². The zero-order valence-corrected chi connectivity index (χ0v) is 11.4. The SMILES string of the molecule is CC(CN1CCCCC1)Nc1ncc(C#N)cc1N. The second-order valence-electron chi connectivity index (χ2n) is 5.18. The third kappa shape index (κ3) is 3.83. The second-order valence-corrected chi connectivity index (χ2v) is 5.18. The standard InChI is InChI=1S/C14H21N5/c1-11(10-19-5-3-2-4-6-19)18-14-13(16)7-12(8-15)9-17-14/h7,9,11H,2-6,10,16H2,1H3,(H,17,18). The molecule has 102 valence electrons. The van der Waals surface area contributed by atoms with Crippen LogP contribution in [0, 0.1) is 11.3 Å². The van der Waals surface area contributed by atoms with Crippen molar-refractivity contribution in [2.24, 2.45) is 0 Å². The number of rotatable bonds is 4. The van der Waals surface area contributed by atoms with Gasteiger partial charge in [0.1, 0.15) is 11.9 Å². The van der Waals surface area contributed by atoms with Gasteiger partial charge in [-0.3, -0.25) is 0 Å². The summed E-state index contributed by atoms with van der Waals surface area (Å²) >= 11 is 0. The second kappa shape index (κ2) is 6.39. The van der Waals surface area contributed by atoms with Gasteiger partial charge in [-0.1, -0.05) is 6.42 Å². The van der Waals surface area contributed by atoms with Gasteiger partial charge in [0.05, 0.1) is 11.3 Å². The quantitative estimate of drug-likeness (QED) is 0.862. The molecule has 1 aromatic rings. The molecule has 0 saturated carbocycles. The topological polar surface area (TPSA) is 78.0 Å². The van der Waals surface area contributed by atoms with Crippen molar-refractivity contribution in [3.05, 3.63) is 17.8 Å². The zero-order valence-electron chi connectivity index (χ0n) is 11.4. The lowest BCUT2D eigenvalue weighted by molar-refractivity contribution is 0.223. The van der Waals surface area contributed by atoms with E-state index in [2.05, 4.69) is 22.1 Å². The van der Waals surface area contributed by atoms with Crippen LogP contribution in [0.3, 0.4) is 0 Å². The van der Waals surface area contributed by atoms with Crippen LogP contribution in [0.15, 0.2) is 12.3 Å². The van der Waals surface area contributed by atoms with E-state index in [9.17, 15) is 0 Å². The van der Waals surface area contributed by atoms with Crippen LogP contribution in [0.5, 0.6) is 0 Å². The van der Waals surface area contributed by atoms with E-state index >= 15 is 0 Å². The Labute approximate surface area is 114 Å². The first-order valence-corrected chi connectivity index (χ1v) is 6.83. The number of hydrogen-bond donors (Lipinski definition) is 2. The first-order chi connectivity index (χ1) is 9.19. The number of hydrogen-bond acceptors (Lipinski definition) is 5. The Kier molecular flexibility index (Phi) is 4.58. The van der Waals surface area contributed by atoms with Crippen molar-refractivity contribution in [3.8, 4) is 6.07 Å². The van der Waals surface area contributed by atoms with E-state index in [1.54, 1.807) is 12.3 Å². The molecule has 1 aliphatic heterocycles. The largest absolute Gasteiger partial charge is 0.396 e. The van der Waals surface area contributed by atoms with Gasteiger partial charge in [-0.05, 0) is 38.9 Å². The summed E-state index contributed by atoms with van der Waals surface area (Å²) in [5.74, 6) is 0.670. The summed E-state index contributed by atoms with van der Waals surface area (Å²) in [7, 11) is 0. The van der Waals surface area contributed by atoms with Gasteiger partial charge < -0.3 is 16.0 Å². The molecule has 1 atom stereocenters. The maximum absolute atomic E-state index is 8.78. The number of nitrogen functional groups attached to an aromatic ring is 1. The fraction of sp³-hybridized carbons (Fsp3) is 0.571. The summed E-state index contributed by atoms with van der Waals surface area (Å²) in [6.45, 7) is 5.50. The Morgan fingerprint density at radius 1 is 1.47 bits per heavy atom. The minimum atomic E-state index is 0.292. The molecule has 1 fully saturated rings. The number of nitriles is 1. The summed E-state index contributed by atoms with van der Waals surface area (Å²) in [5, 5.41) is 12.1. The molecule has 0 aliphatic carbocycles. The maximum Gasteiger partial charge on any atom is 0.149 e. The minimum absolute atomic E-state index is 0.292. The molecule has 2 rings (SSSR count). The van der Waals surface area contributed by atoms with Crippen LogP contribution >= 0.6 is 0 Å². The molecule has 1 saturated heterocycles. The van der Waals surface area contributed by atoms with Crippen LogP contribution in [0.1, 0.15) is 31.7 Å². The molecule has 3 N–H and O–H groups in total. The Morgan fingerprint density at radius 2 is 2.21 bits per heavy atom. The highest BCUT2D eigenvalue weighted by molar-refractivity contribution is 5.63. The van der Waals surface area contributed by atoms with E-state index in [1.807, 2.05) is 6.07 Å². The molecule has 1 aromatic heterocycles. The number of nitrogens with one attached hydrogen (secondary N) is 1. The number of anilines is 2. The van der Waals surface area contributed by atoms with Crippen molar-refractivity contribution in [2.45, 2.75) is 32.2 Å². The first kappa shape index (κ1) is 13.6. The van der Waals surface area contributed by atoms with Gasteiger partial charge in [0, 0.05) is 18.8 Å². The highest BCUT2D eigenvalue weighted by atomic mass is 15.2. The third-order valence-electron chi connectivity index (χ3n) is 3.41. The van der Waals surface area contributed by atoms with Crippen molar-refractivity contribution in [3.63, 3.8) is 0 Å². The molecule has 0 bridgehead atoms. The van der Waals surface area contributed by atoms with Crippen molar-refractivity contribution >= 4 is 11.5 Å². The lowest BCUT2D eigenvalue weighted by atomic mass is 10.1. The van der Waals surface area contributed by atoms with E-state index in [0.29, 0.717) is 23.1 Å². The Hall–Kier alpha value is -1.80. The van der Waals surface area contributed by atoms with E-state index in [4.69, 9.17) is 11.0 Å². The molecule has 0 radical (unpaired) electrons. The van der Waals surface area contributed by atoms with Gasteiger partial charge in [-0.2, -0.15) is 5.26 Å². The van der Waals surface area contributed by atoms with Crippen LogP contribution in [0.25, 0.3) is 0 Å². The summed E-state index contributed by atoms with van der Waals surface area (Å²) in [5.41, 5.74) is 6.91. The smallest absolute Gasteiger partial charge is 0.149 e. The van der Waals surface area contributed by atoms with Gasteiger partial charge in [0.15, 0.2) is 0 Å². The summed E-state index contributed by atoms with van der Waals surface area (Å²) in [4.78, 5) is 6.68. The fourth-order valence-corrected chi connectivity index (χ4v) is 2.47. The van der Waals surface area contributed by atoms with E-state index < -0.39 is 0 Å². The average molecular weight is 259 g/mol. The van der Waals surface area contributed by atoms with E-state index in [0.717, 1.165) is 6.54 Å². The molecule has 5 nitrogen and oxygen atoms in total. The van der Waals surface area contributed by atoms with Crippen molar-refractivity contribution in [1.82, 2.24) is 9.88 Å². The number of nitrogens with two attached hydrogens (primary N) is 1. The van der Waals surface area contributed by atoms with Gasteiger partial charge in [-0.15, -0.1) is 0 Å². The van der Waals surface area contributed by atoms with Crippen LogP contribution < -0.4 is 11.1 Å². The van der Waals surface area contributed by atoms with Gasteiger partial charge >= 0.3 is 0 Å². The predicted octanol–water partition coefficient (Wildman–Crippen LogP) is 1.82. The summed E-state index contributed by atoms with van der Waals surface area (Å²) in [6.07, 6.45) is 5.49. The molecule has 5 heteroatoms. The third-order valence-corrected chi connectivity index (χ3v) is 3.41. The minimum Gasteiger partial charge on any atom is -0.396 e. The highest BCUT2D eigenvalue weighted by Crippen LogP contribution is 2.17. The van der Waals surface area contributed by atoms with Gasteiger partial charge in [0.2, 0.25) is 0 Å². The Bertz CT molecular complexity index is 459. The van der Waals surface area contributed by atoms with Crippen LogP contribution in [-0.2, 0) is 0 Å². The highest BCUT2D eigenvalue weighted by Gasteiger charge is 2.14. The van der Waals surface area contributed by atoms with E-state index in [1.165, 1.54) is 32.4 Å². The maximum atomic E-state index is 8.78. The lowest BCUT2D eigenvalue weighted by Gasteiger charge is -2.29. The Morgan fingerprint density at radius 3 is 2.84 bits per heavy atom. The monoisotopic (exact) mass is 259 g/mol. The molecule has 0 aromatic carbocycles. The molecule has 0 amide bonds. The molecule has 2 heterocycles. The van der Waals surface area contributed by atoms with Crippen molar-refractivity contribution in [1.29, 1.82) is 5.26 Å². The zero-order chi connectivity index (χ0) is 13.7. The molecule has 0 spiro atoms. The number of pyridine rings is 1. The summed E-state index contributed by atoms with van der Waals surface area (Å²) in [6, 6.07) is 3.98. The Balaban J connectivity index is 1.91. The molecule has 1 unspecified atom stereocenters. The van der Waals surface area contributed by atoms with Crippen LogP contribution in [0.2, 0.25) is 0 Å². The number of piperidine rings is 1. The van der Waals surface area contributed by atoms with Crippen LogP contribution in [0.4, 0.5) is 11.5 Å². The van der Waals surface area contributed by atoms with Gasteiger partial charge in [-0.25, -0.2) is 4.98 Å². The number of likely N-dealkylation sites (tertiary alicyclic amines) is 1. The van der Waals surface area contributed by atoms with Crippen molar-refractivity contribution in [2.75, 3.05) is 30.7 Å². The van der Waals surface area contributed by atoms with Crippen molar-refractivity contribution < 1.29 is 0 Å². The number of nitrogens with zero attached hydrogens (tertiary/aromatic N) is 3. The number of aromatic nitrogens is 1. The predicted molar refractivity (Wildman–Crippen MR) is 76.7 cm³/mol. The average Bonchev–Trinajstić information content (AvgIpc) is 2.42. The molecule has 1 aliphatic rings. The summed E-state index contributed by atoms with van der Waals surface area (Å²) < 4.78 is 0. The van der Waals surface area contributed by atoms with E-state index in [-0.39, 0.29) is 0 Å². The molecular formula is C14H21N5.